The lowest BCUT2D eigenvalue weighted by atomic mass is 10.3. The van der Waals surface area contributed by atoms with Crippen molar-refractivity contribution in [3.8, 4) is 0 Å². The maximum absolute atomic E-state index is 12.1. The molecule has 0 saturated carbocycles. The predicted molar refractivity (Wildman–Crippen MR) is 67.4 cm³/mol. The molecule has 2 aromatic heterocycles. The van der Waals surface area contributed by atoms with Crippen molar-refractivity contribution in [2.75, 3.05) is 10.5 Å². The Morgan fingerprint density at radius 2 is 2.11 bits per heavy atom. The summed E-state index contributed by atoms with van der Waals surface area (Å²) in [6.45, 7) is 1.77. The van der Waals surface area contributed by atoms with E-state index >= 15 is 0 Å². The zero-order chi connectivity index (χ0) is 13.3. The molecule has 0 radical (unpaired) electrons. The highest BCUT2D eigenvalue weighted by Crippen LogP contribution is 2.19. The molecule has 3 N–H and O–H groups in total. The van der Waals surface area contributed by atoms with Crippen LogP contribution in [0.5, 0.6) is 0 Å². The van der Waals surface area contributed by atoms with E-state index in [4.69, 9.17) is 5.73 Å². The molecule has 0 atom stereocenters. The number of nitrogen functional groups attached to an aromatic ring is 1. The molecule has 0 aromatic carbocycles. The van der Waals surface area contributed by atoms with E-state index in [0.29, 0.717) is 11.4 Å². The van der Waals surface area contributed by atoms with E-state index in [1.165, 1.54) is 17.1 Å². The number of pyridine rings is 1. The van der Waals surface area contributed by atoms with Crippen LogP contribution in [0.4, 0.5) is 11.5 Å². The normalized spacial score (nSPS) is 11.4. The van der Waals surface area contributed by atoms with E-state index < -0.39 is 10.0 Å². The second kappa shape index (κ2) is 4.30. The summed E-state index contributed by atoms with van der Waals surface area (Å²) in [7, 11) is -2.19. The third-order valence-corrected chi connectivity index (χ3v) is 3.82. The van der Waals surface area contributed by atoms with Gasteiger partial charge in [0.15, 0.2) is 10.8 Å². The number of hydrogen-bond acceptors (Lipinski definition) is 5. The molecule has 18 heavy (non-hydrogen) atoms. The Kier molecular flexibility index (Phi) is 2.95. The van der Waals surface area contributed by atoms with Crippen molar-refractivity contribution in [3.05, 3.63) is 30.4 Å². The van der Waals surface area contributed by atoms with E-state index in [2.05, 4.69) is 14.7 Å². The van der Waals surface area contributed by atoms with E-state index in [-0.39, 0.29) is 10.8 Å². The van der Waals surface area contributed by atoms with Gasteiger partial charge in [0.05, 0.1) is 12.0 Å². The first-order valence-electron chi connectivity index (χ1n) is 5.12. The smallest absolute Gasteiger partial charge is 0.281 e. The summed E-state index contributed by atoms with van der Waals surface area (Å²) in [6.07, 6.45) is 2.88. The molecule has 7 nitrogen and oxygen atoms in total. The van der Waals surface area contributed by atoms with E-state index in [0.717, 1.165) is 0 Å². The van der Waals surface area contributed by atoms with Crippen molar-refractivity contribution in [1.29, 1.82) is 0 Å². The summed E-state index contributed by atoms with van der Waals surface area (Å²) in [5.74, 6) is -0.0317. The molecule has 0 saturated heterocycles. The largest absolute Gasteiger partial charge is 0.381 e. The summed E-state index contributed by atoms with van der Waals surface area (Å²) in [4.78, 5) is 7.74. The van der Waals surface area contributed by atoms with Crippen LogP contribution in [0, 0.1) is 6.92 Å². The number of aromatic nitrogens is 3. The molecule has 0 spiro atoms. The number of hydrogen-bond donors (Lipinski definition) is 2. The fourth-order valence-electron chi connectivity index (χ4n) is 1.58. The Hall–Kier alpha value is -2.09. The standard InChI is InChI=1S/C10H13N5O2S/c1-7-5-8(3-4-12-7)14-18(16,17)10-9(11)13-6-15(10)2/h3-6H,11H2,1-2H3,(H,12,14). The van der Waals surface area contributed by atoms with Gasteiger partial charge in [-0.3, -0.25) is 9.71 Å². The maximum Gasteiger partial charge on any atom is 0.281 e. The highest BCUT2D eigenvalue weighted by Gasteiger charge is 2.22. The average Bonchev–Trinajstić information content (AvgIpc) is 2.58. The summed E-state index contributed by atoms with van der Waals surface area (Å²) in [6, 6.07) is 3.20. The van der Waals surface area contributed by atoms with Gasteiger partial charge >= 0.3 is 0 Å². The minimum atomic E-state index is -3.75. The molecular weight excluding hydrogens is 254 g/mol. The number of aryl methyl sites for hydroxylation is 2. The van der Waals surface area contributed by atoms with Gasteiger partial charge < -0.3 is 10.3 Å². The van der Waals surface area contributed by atoms with Crippen LogP contribution < -0.4 is 10.5 Å². The van der Waals surface area contributed by atoms with Crippen molar-refractivity contribution in [2.24, 2.45) is 7.05 Å². The summed E-state index contributed by atoms with van der Waals surface area (Å²) >= 11 is 0. The highest BCUT2D eigenvalue weighted by atomic mass is 32.2. The van der Waals surface area contributed by atoms with Crippen LogP contribution in [0.3, 0.4) is 0 Å². The second-order valence-corrected chi connectivity index (χ2v) is 5.43. The third-order valence-electron chi connectivity index (χ3n) is 2.31. The van der Waals surface area contributed by atoms with E-state index in [1.54, 1.807) is 26.1 Å². The molecule has 0 aliphatic carbocycles. The van der Waals surface area contributed by atoms with Crippen molar-refractivity contribution in [3.63, 3.8) is 0 Å². The third kappa shape index (κ3) is 2.28. The van der Waals surface area contributed by atoms with Gasteiger partial charge in [-0.2, -0.15) is 8.42 Å². The molecule has 0 unspecified atom stereocenters. The van der Waals surface area contributed by atoms with Gasteiger partial charge in [-0.25, -0.2) is 4.98 Å². The molecule has 0 bridgehead atoms. The Labute approximate surface area is 105 Å². The van der Waals surface area contributed by atoms with Gasteiger partial charge in [0.2, 0.25) is 0 Å². The number of nitrogens with two attached hydrogens (primary N) is 1. The fourth-order valence-corrected chi connectivity index (χ4v) is 2.87. The number of nitrogens with one attached hydrogen (secondary N) is 1. The summed E-state index contributed by atoms with van der Waals surface area (Å²) in [5.41, 5.74) is 6.70. The van der Waals surface area contributed by atoms with Crippen molar-refractivity contribution in [2.45, 2.75) is 11.9 Å². The second-order valence-electron chi connectivity index (χ2n) is 3.84. The van der Waals surface area contributed by atoms with Gasteiger partial charge in [-0.15, -0.1) is 0 Å². The van der Waals surface area contributed by atoms with Crippen LogP contribution in [0.2, 0.25) is 0 Å². The number of rotatable bonds is 3. The lowest BCUT2D eigenvalue weighted by Gasteiger charge is -2.09. The van der Waals surface area contributed by atoms with Crippen molar-refractivity contribution >= 4 is 21.5 Å². The van der Waals surface area contributed by atoms with Gasteiger partial charge in [-0.1, -0.05) is 0 Å². The quantitative estimate of drug-likeness (QED) is 0.843. The Morgan fingerprint density at radius 1 is 1.39 bits per heavy atom. The number of anilines is 2. The molecule has 2 rings (SSSR count). The first kappa shape index (κ1) is 12.4. The topological polar surface area (TPSA) is 103 Å². The summed E-state index contributed by atoms with van der Waals surface area (Å²) in [5, 5.41) is -0.0584. The molecule has 0 aliphatic heterocycles. The van der Waals surface area contributed by atoms with Gasteiger partial charge in [-0.05, 0) is 19.1 Å². The van der Waals surface area contributed by atoms with Crippen LogP contribution in [0.15, 0.2) is 29.7 Å². The number of sulfonamides is 1. The zero-order valence-corrected chi connectivity index (χ0v) is 10.8. The lowest BCUT2D eigenvalue weighted by molar-refractivity contribution is 0.592. The first-order chi connectivity index (χ1) is 8.40. The molecule has 8 heteroatoms. The van der Waals surface area contributed by atoms with Gasteiger partial charge in [0, 0.05) is 18.9 Å². The molecule has 2 heterocycles. The van der Waals surface area contributed by atoms with Crippen LogP contribution in [0.25, 0.3) is 0 Å². The van der Waals surface area contributed by atoms with Crippen LogP contribution in [0.1, 0.15) is 5.69 Å². The highest BCUT2D eigenvalue weighted by molar-refractivity contribution is 7.92. The minimum Gasteiger partial charge on any atom is -0.381 e. The Balaban J connectivity index is 2.39. The summed E-state index contributed by atoms with van der Waals surface area (Å²) < 4.78 is 28.1. The molecule has 2 aromatic rings. The number of imidazole rings is 1. The monoisotopic (exact) mass is 267 g/mol. The molecule has 0 amide bonds. The van der Waals surface area contributed by atoms with Gasteiger partial charge in [0.1, 0.15) is 0 Å². The van der Waals surface area contributed by atoms with E-state index in [1.807, 2.05) is 0 Å². The Morgan fingerprint density at radius 3 is 2.67 bits per heavy atom. The fraction of sp³-hybridized carbons (Fsp3) is 0.200. The molecular formula is C10H13N5O2S. The molecule has 96 valence electrons. The molecule has 0 fully saturated rings. The van der Waals surface area contributed by atoms with Crippen LogP contribution in [-0.4, -0.2) is 23.0 Å². The van der Waals surface area contributed by atoms with Crippen molar-refractivity contribution < 1.29 is 8.42 Å². The molecule has 0 aliphatic rings. The van der Waals surface area contributed by atoms with Crippen LogP contribution >= 0.6 is 0 Å². The van der Waals surface area contributed by atoms with E-state index in [9.17, 15) is 8.42 Å². The SMILES string of the molecule is Cc1cc(NS(=O)(=O)c2c(N)ncn2C)ccn1. The average molecular weight is 267 g/mol. The minimum absolute atomic E-state index is 0.0317. The lowest BCUT2D eigenvalue weighted by Crippen LogP contribution is -2.17. The zero-order valence-electron chi connectivity index (χ0n) is 9.95. The number of nitrogens with zero attached hydrogens (tertiary/aromatic N) is 3. The van der Waals surface area contributed by atoms with Gasteiger partial charge in [0.25, 0.3) is 10.0 Å². The van der Waals surface area contributed by atoms with Crippen LogP contribution in [-0.2, 0) is 17.1 Å². The first-order valence-corrected chi connectivity index (χ1v) is 6.61. The Bertz CT molecular complexity index is 658. The van der Waals surface area contributed by atoms with Crippen molar-refractivity contribution in [1.82, 2.24) is 14.5 Å². The predicted octanol–water partition coefficient (Wildman–Crippen LogP) is 0.507. The maximum atomic E-state index is 12.1.